The van der Waals surface area contributed by atoms with Gasteiger partial charge < -0.3 is 5.73 Å². The molecule has 2 aromatic carbocycles. The summed E-state index contributed by atoms with van der Waals surface area (Å²) < 4.78 is 0. The summed E-state index contributed by atoms with van der Waals surface area (Å²) in [4.78, 5) is 0. The van der Waals surface area contributed by atoms with Crippen LogP contribution < -0.4 is 5.73 Å². The predicted octanol–water partition coefficient (Wildman–Crippen LogP) is 6.39. The van der Waals surface area contributed by atoms with E-state index in [2.05, 4.69) is 54.5 Å². The van der Waals surface area contributed by atoms with Gasteiger partial charge in [0.05, 0.1) is 0 Å². The molecule has 0 radical (unpaired) electrons. The van der Waals surface area contributed by atoms with Gasteiger partial charge in [0.25, 0.3) is 0 Å². The van der Waals surface area contributed by atoms with Gasteiger partial charge in [-0.05, 0) is 49.4 Å². The largest absolute Gasteiger partial charge is 0.333 e. The lowest BCUT2D eigenvalue weighted by Gasteiger charge is -1.96. The van der Waals surface area contributed by atoms with Crippen molar-refractivity contribution < 1.29 is 0 Å². The zero-order valence-electron chi connectivity index (χ0n) is 16.9. The van der Waals surface area contributed by atoms with Gasteiger partial charge in [-0.2, -0.15) is 0 Å². The van der Waals surface area contributed by atoms with Gasteiger partial charge >= 0.3 is 0 Å². The lowest BCUT2D eigenvalue weighted by Crippen LogP contribution is -1.78. The second-order valence-corrected chi connectivity index (χ2v) is 4.95. The Labute approximate surface area is 165 Å². The fourth-order valence-electron chi connectivity index (χ4n) is 1.96. The van der Waals surface area contributed by atoms with E-state index < -0.39 is 0 Å². The molecule has 0 aliphatic rings. The third kappa shape index (κ3) is 10.5. The standard InChI is InChI=1S/C23H20.C2H6.CH5N/c1-3-5-9-20(4-2)12-13-22-16-18-23(19-17-22)15-14-21-10-7-6-8-11-21;2*1-2/h3-13,16-19H,1H2,2H3;1-2H3;2H2,1H3/b9-5-,13-12?,20-4+;;. The van der Waals surface area contributed by atoms with Crippen molar-refractivity contribution in [1.82, 2.24) is 0 Å². The Morgan fingerprint density at radius 2 is 1.41 bits per heavy atom. The molecule has 0 aromatic heterocycles. The Bertz CT molecular complexity index is 780. The van der Waals surface area contributed by atoms with E-state index in [1.807, 2.05) is 75.4 Å². The maximum Gasteiger partial charge on any atom is 0.0249 e. The molecule has 1 nitrogen and oxygen atoms in total. The van der Waals surface area contributed by atoms with Crippen LogP contribution in [0.15, 0.2) is 97.1 Å². The number of benzene rings is 2. The highest BCUT2D eigenvalue weighted by Crippen LogP contribution is 2.09. The third-order valence-corrected chi connectivity index (χ3v) is 3.26. The molecular formula is C26H31N. The Morgan fingerprint density at radius 3 is 1.93 bits per heavy atom. The molecule has 0 heterocycles. The van der Waals surface area contributed by atoms with E-state index in [4.69, 9.17) is 0 Å². The summed E-state index contributed by atoms with van der Waals surface area (Å²) in [5.74, 6) is 6.35. The third-order valence-electron chi connectivity index (χ3n) is 3.26. The van der Waals surface area contributed by atoms with Crippen molar-refractivity contribution in [3.8, 4) is 11.8 Å². The molecule has 2 N–H and O–H groups in total. The van der Waals surface area contributed by atoms with E-state index in [9.17, 15) is 0 Å². The molecule has 0 saturated carbocycles. The smallest absolute Gasteiger partial charge is 0.0249 e. The summed E-state index contributed by atoms with van der Waals surface area (Å²) in [5.41, 5.74) is 8.85. The molecule has 0 atom stereocenters. The van der Waals surface area contributed by atoms with Gasteiger partial charge in [-0.3, -0.25) is 0 Å². The minimum Gasteiger partial charge on any atom is -0.333 e. The lowest BCUT2D eigenvalue weighted by atomic mass is 10.1. The van der Waals surface area contributed by atoms with Gasteiger partial charge in [0.15, 0.2) is 0 Å². The highest BCUT2D eigenvalue weighted by atomic mass is 14.4. The Balaban J connectivity index is 0.00000158. The van der Waals surface area contributed by atoms with Crippen LogP contribution in [0.3, 0.4) is 0 Å². The first-order chi connectivity index (χ1) is 13.3. The fourth-order valence-corrected chi connectivity index (χ4v) is 1.96. The minimum atomic E-state index is 1.02. The van der Waals surface area contributed by atoms with Crippen LogP contribution in [0.2, 0.25) is 0 Å². The second-order valence-electron chi connectivity index (χ2n) is 4.95. The molecule has 1 heteroatoms. The molecule has 0 fully saturated rings. The van der Waals surface area contributed by atoms with Crippen LogP contribution in [0.25, 0.3) is 6.08 Å². The Hall–Kier alpha value is -3.08. The number of hydrogen-bond acceptors (Lipinski definition) is 1. The topological polar surface area (TPSA) is 26.0 Å². The molecule has 0 amide bonds. The first kappa shape index (κ1) is 23.9. The van der Waals surface area contributed by atoms with E-state index in [-0.39, 0.29) is 0 Å². The van der Waals surface area contributed by atoms with Crippen molar-refractivity contribution in [3.63, 3.8) is 0 Å². The zero-order valence-corrected chi connectivity index (χ0v) is 16.9. The SMILES string of the molecule is C=C/C=C\C(C=Cc1ccc(C#Cc2ccccc2)cc1)=C/C.CC.CN. The van der Waals surface area contributed by atoms with Gasteiger partial charge in [0.1, 0.15) is 0 Å². The molecule has 0 bridgehead atoms. The number of hydrogen-bond donors (Lipinski definition) is 1. The lowest BCUT2D eigenvalue weighted by molar-refractivity contribution is 1.48. The highest BCUT2D eigenvalue weighted by molar-refractivity contribution is 5.56. The molecule has 140 valence electrons. The molecule has 0 unspecified atom stereocenters. The monoisotopic (exact) mass is 357 g/mol. The molecule has 0 saturated heterocycles. The average Bonchev–Trinajstić information content (AvgIpc) is 2.77. The number of rotatable bonds is 4. The van der Waals surface area contributed by atoms with E-state index in [0.29, 0.717) is 0 Å². The maximum absolute atomic E-state index is 4.50. The molecule has 2 aromatic rings. The van der Waals surface area contributed by atoms with Gasteiger partial charge in [-0.1, -0.05) is 99.1 Å². The summed E-state index contributed by atoms with van der Waals surface area (Å²) in [5, 5.41) is 0. The van der Waals surface area contributed by atoms with E-state index in [1.54, 1.807) is 6.08 Å². The Morgan fingerprint density at radius 1 is 0.852 bits per heavy atom. The zero-order chi connectivity index (χ0) is 20.3. The number of allylic oxidation sites excluding steroid dienone is 6. The van der Waals surface area contributed by atoms with Crippen molar-refractivity contribution in [2.75, 3.05) is 7.05 Å². The van der Waals surface area contributed by atoms with Crippen molar-refractivity contribution in [3.05, 3.63) is 114 Å². The first-order valence-corrected chi connectivity index (χ1v) is 9.20. The summed E-state index contributed by atoms with van der Waals surface area (Å²) in [6.45, 7) is 9.71. The second kappa shape index (κ2) is 16.4. The molecule has 27 heavy (non-hydrogen) atoms. The van der Waals surface area contributed by atoms with Crippen molar-refractivity contribution in [2.45, 2.75) is 20.8 Å². The van der Waals surface area contributed by atoms with Crippen molar-refractivity contribution in [2.24, 2.45) is 5.73 Å². The van der Waals surface area contributed by atoms with Crippen LogP contribution in [0.5, 0.6) is 0 Å². The van der Waals surface area contributed by atoms with Crippen molar-refractivity contribution >= 4 is 6.08 Å². The Kier molecular flexibility index (Phi) is 14.5. The van der Waals surface area contributed by atoms with Gasteiger partial charge in [0.2, 0.25) is 0 Å². The van der Waals surface area contributed by atoms with Gasteiger partial charge in [-0.25, -0.2) is 0 Å². The maximum atomic E-state index is 4.50. The molecule has 2 rings (SSSR count). The fraction of sp³-hybridized carbons (Fsp3) is 0.154. The highest BCUT2D eigenvalue weighted by Gasteiger charge is 1.90. The molecular weight excluding hydrogens is 326 g/mol. The number of nitrogens with two attached hydrogens (primary N) is 1. The van der Waals surface area contributed by atoms with E-state index >= 15 is 0 Å². The minimum absolute atomic E-state index is 1.02. The average molecular weight is 358 g/mol. The summed E-state index contributed by atoms with van der Waals surface area (Å²) in [7, 11) is 1.50. The quantitative estimate of drug-likeness (QED) is 0.498. The molecule has 0 aliphatic carbocycles. The van der Waals surface area contributed by atoms with Crippen LogP contribution >= 0.6 is 0 Å². The summed E-state index contributed by atoms with van der Waals surface area (Å²) in [6.07, 6.45) is 12.0. The summed E-state index contributed by atoms with van der Waals surface area (Å²) in [6, 6.07) is 18.3. The van der Waals surface area contributed by atoms with Crippen LogP contribution in [0, 0.1) is 11.8 Å². The molecule has 0 spiro atoms. The van der Waals surface area contributed by atoms with E-state index in [1.165, 1.54) is 7.05 Å². The summed E-state index contributed by atoms with van der Waals surface area (Å²) >= 11 is 0. The first-order valence-electron chi connectivity index (χ1n) is 9.20. The van der Waals surface area contributed by atoms with Crippen LogP contribution in [0.1, 0.15) is 37.5 Å². The normalized spacial score (nSPS) is 10.2. The predicted molar refractivity (Wildman–Crippen MR) is 122 cm³/mol. The van der Waals surface area contributed by atoms with E-state index in [0.717, 1.165) is 22.3 Å². The van der Waals surface area contributed by atoms with Crippen LogP contribution in [0.4, 0.5) is 0 Å². The van der Waals surface area contributed by atoms with Crippen LogP contribution in [-0.2, 0) is 0 Å². The van der Waals surface area contributed by atoms with Crippen molar-refractivity contribution in [1.29, 1.82) is 0 Å². The molecule has 0 aliphatic heterocycles. The van der Waals surface area contributed by atoms with Gasteiger partial charge in [0, 0.05) is 11.1 Å². The van der Waals surface area contributed by atoms with Crippen LogP contribution in [-0.4, -0.2) is 7.05 Å². The van der Waals surface area contributed by atoms with Gasteiger partial charge in [-0.15, -0.1) is 0 Å².